The maximum atomic E-state index is 12.2. The second-order valence-corrected chi connectivity index (χ2v) is 3.79. The summed E-state index contributed by atoms with van der Waals surface area (Å²) in [5, 5.41) is 0. The van der Waals surface area contributed by atoms with Crippen molar-refractivity contribution in [2.45, 2.75) is 32.4 Å². The largest absolute Gasteiger partial charge is 0.491 e. The van der Waals surface area contributed by atoms with E-state index in [1.54, 1.807) is 0 Å². The van der Waals surface area contributed by atoms with Crippen LogP contribution < -0.4 is 10.5 Å². The summed E-state index contributed by atoms with van der Waals surface area (Å²) in [5.74, 6) is 0.758. The van der Waals surface area contributed by atoms with Crippen molar-refractivity contribution in [3.8, 4) is 5.75 Å². The van der Waals surface area contributed by atoms with E-state index >= 15 is 0 Å². The number of alkyl halides is 1. The molecule has 2 N–H and O–H groups in total. The molecule has 84 valence electrons. The van der Waals surface area contributed by atoms with Gasteiger partial charge in [-0.2, -0.15) is 0 Å². The van der Waals surface area contributed by atoms with Crippen molar-refractivity contribution in [2.75, 3.05) is 6.67 Å². The molecule has 3 heteroatoms. The van der Waals surface area contributed by atoms with Crippen molar-refractivity contribution in [1.29, 1.82) is 0 Å². The third-order valence-electron chi connectivity index (χ3n) is 2.10. The van der Waals surface area contributed by atoms with Crippen molar-refractivity contribution >= 4 is 0 Å². The van der Waals surface area contributed by atoms with Gasteiger partial charge in [0.05, 0.1) is 12.8 Å². The molecule has 1 aromatic rings. The van der Waals surface area contributed by atoms with Crippen LogP contribution in [0.1, 0.15) is 31.9 Å². The number of ether oxygens (including phenoxy) is 1. The Morgan fingerprint density at radius 3 is 2.60 bits per heavy atom. The predicted molar refractivity (Wildman–Crippen MR) is 59.7 cm³/mol. The summed E-state index contributed by atoms with van der Waals surface area (Å²) in [6.07, 6.45) is 0.432. The second-order valence-electron chi connectivity index (χ2n) is 3.79. The van der Waals surface area contributed by atoms with Gasteiger partial charge in [0.1, 0.15) is 5.75 Å². The Bertz CT molecular complexity index is 301. The Hall–Kier alpha value is -1.09. The highest BCUT2D eigenvalue weighted by Gasteiger charge is 2.12. The van der Waals surface area contributed by atoms with E-state index in [-0.39, 0.29) is 12.1 Å². The molecule has 1 atom stereocenters. The number of para-hydroxylation sites is 1. The summed E-state index contributed by atoms with van der Waals surface area (Å²) in [6, 6.07) is 7.25. The van der Waals surface area contributed by atoms with Gasteiger partial charge in [0.15, 0.2) is 0 Å². The van der Waals surface area contributed by atoms with Crippen LogP contribution in [-0.2, 0) is 0 Å². The Labute approximate surface area is 90.2 Å². The van der Waals surface area contributed by atoms with E-state index in [9.17, 15) is 4.39 Å². The molecule has 0 heterocycles. The highest BCUT2D eigenvalue weighted by atomic mass is 19.1. The first kappa shape index (κ1) is 12.0. The fourth-order valence-electron chi connectivity index (χ4n) is 1.42. The number of nitrogens with two attached hydrogens (primary N) is 1. The normalized spacial score (nSPS) is 12.9. The minimum atomic E-state index is -0.406. The number of rotatable bonds is 5. The zero-order chi connectivity index (χ0) is 11.3. The van der Waals surface area contributed by atoms with Gasteiger partial charge in [-0.25, -0.2) is 0 Å². The van der Waals surface area contributed by atoms with Crippen LogP contribution in [0.15, 0.2) is 24.3 Å². The van der Waals surface area contributed by atoms with Crippen molar-refractivity contribution in [2.24, 2.45) is 5.73 Å². The molecule has 1 aromatic carbocycles. The summed E-state index contributed by atoms with van der Waals surface area (Å²) >= 11 is 0. The van der Waals surface area contributed by atoms with Crippen molar-refractivity contribution < 1.29 is 9.13 Å². The molecular weight excluding hydrogens is 193 g/mol. The molecule has 0 unspecified atom stereocenters. The summed E-state index contributed by atoms with van der Waals surface area (Å²) in [7, 11) is 0. The Morgan fingerprint density at radius 1 is 1.33 bits per heavy atom. The van der Waals surface area contributed by atoms with Crippen LogP contribution in [0, 0.1) is 0 Å². The zero-order valence-corrected chi connectivity index (χ0v) is 9.24. The molecule has 0 fully saturated rings. The third-order valence-corrected chi connectivity index (χ3v) is 2.10. The SMILES string of the molecule is CC(C)Oc1ccccc1[C@H](N)CCF. The lowest BCUT2D eigenvalue weighted by Crippen LogP contribution is -2.14. The average molecular weight is 211 g/mol. The van der Waals surface area contributed by atoms with Crippen molar-refractivity contribution in [3.05, 3.63) is 29.8 Å². The summed E-state index contributed by atoms with van der Waals surface area (Å²) in [5.41, 5.74) is 6.74. The highest BCUT2D eigenvalue weighted by molar-refractivity contribution is 5.35. The fourth-order valence-corrected chi connectivity index (χ4v) is 1.42. The van der Waals surface area contributed by atoms with E-state index in [2.05, 4.69) is 0 Å². The van der Waals surface area contributed by atoms with Gasteiger partial charge in [0.2, 0.25) is 0 Å². The predicted octanol–water partition coefficient (Wildman–Crippen LogP) is 2.83. The van der Waals surface area contributed by atoms with E-state index in [0.29, 0.717) is 6.42 Å². The molecule has 0 saturated carbocycles. The van der Waals surface area contributed by atoms with Crippen LogP contribution in [-0.4, -0.2) is 12.8 Å². The smallest absolute Gasteiger partial charge is 0.124 e. The molecule has 0 aliphatic heterocycles. The standard InChI is InChI=1S/C12H18FNO/c1-9(2)15-12-6-4-3-5-10(12)11(14)7-8-13/h3-6,9,11H,7-8,14H2,1-2H3/t11-/m1/s1. The van der Waals surface area contributed by atoms with E-state index < -0.39 is 6.67 Å². The summed E-state index contributed by atoms with van der Waals surface area (Å²) < 4.78 is 17.8. The lowest BCUT2D eigenvalue weighted by molar-refractivity contribution is 0.238. The Kier molecular flexibility index (Phi) is 4.56. The van der Waals surface area contributed by atoms with Gasteiger partial charge in [-0.3, -0.25) is 4.39 Å². The van der Waals surface area contributed by atoms with Gasteiger partial charge >= 0.3 is 0 Å². The van der Waals surface area contributed by atoms with Crippen molar-refractivity contribution in [1.82, 2.24) is 0 Å². The Morgan fingerprint density at radius 2 is 2.00 bits per heavy atom. The minimum absolute atomic E-state index is 0.101. The number of hydrogen-bond donors (Lipinski definition) is 1. The summed E-state index contributed by atoms with van der Waals surface area (Å²) in [6.45, 7) is 3.51. The highest BCUT2D eigenvalue weighted by Crippen LogP contribution is 2.26. The molecule has 0 spiro atoms. The van der Waals surface area contributed by atoms with Gasteiger partial charge in [0, 0.05) is 11.6 Å². The van der Waals surface area contributed by atoms with Crippen LogP contribution in [0.3, 0.4) is 0 Å². The molecule has 0 saturated heterocycles. The van der Waals surface area contributed by atoms with Crippen LogP contribution in [0.5, 0.6) is 5.75 Å². The molecule has 0 bridgehead atoms. The van der Waals surface area contributed by atoms with Crippen molar-refractivity contribution in [3.63, 3.8) is 0 Å². The first-order valence-electron chi connectivity index (χ1n) is 5.22. The minimum Gasteiger partial charge on any atom is -0.491 e. The lowest BCUT2D eigenvalue weighted by atomic mass is 10.0. The molecular formula is C12H18FNO. The van der Waals surface area contributed by atoms with E-state index in [1.807, 2.05) is 38.1 Å². The zero-order valence-electron chi connectivity index (χ0n) is 9.24. The second kappa shape index (κ2) is 5.71. The van der Waals surface area contributed by atoms with Gasteiger partial charge in [-0.1, -0.05) is 18.2 Å². The number of benzene rings is 1. The van der Waals surface area contributed by atoms with E-state index in [0.717, 1.165) is 11.3 Å². The number of hydrogen-bond acceptors (Lipinski definition) is 2. The maximum Gasteiger partial charge on any atom is 0.124 e. The van der Waals surface area contributed by atoms with Gasteiger partial charge in [-0.05, 0) is 26.3 Å². The molecule has 15 heavy (non-hydrogen) atoms. The van der Waals surface area contributed by atoms with E-state index in [4.69, 9.17) is 10.5 Å². The molecule has 0 aromatic heterocycles. The fraction of sp³-hybridized carbons (Fsp3) is 0.500. The summed E-state index contributed by atoms with van der Waals surface area (Å²) in [4.78, 5) is 0. The quantitative estimate of drug-likeness (QED) is 0.812. The Balaban J connectivity index is 2.85. The molecule has 0 radical (unpaired) electrons. The van der Waals surface area contributed by atoms with Crippen LogP contribution in [0.25, 0.3) is 0 Å². The monoisotopic (exact) mass is 211 g/mol. The molecule has 1 rings (SSSR count). The first-order chi connectivity index (χ1) is 7.15. The van der Waals surface area contributed by atoms with Crippen LogP contribution in [0.4, 0.5) is 4.39 Å². The van der Waals surface area contributed by atoms with Crippen LogP contribution in [0.2, 0.25) is 0 Å². The maximum absolute atomic E-state index is 12.2. The van der Waals surface area contributed by atoms with E-state index in [1.165, 1.54) is 0 Å². The average Bonchev–Trinajstić information content (AvgIpc) is 2.18. The molecule has 0 aliphatic rings. The lowest BCUT2D eigenvalue weighted by Gasteiger charge is -2.17. The molecule has 2 nitrogen and oxygen atoms in total. The van der Waals surface area contributed by atoms with Gasteiger partial charge in [-0.15, -0.1) is 0 Å². The first-order valence-corrected chi connectivity index (χ1v) is 5.22. The molecule has 0 amide bonds. The van der Waals surface area contributed by atoms with Gasteiger partial charge in [0.25, 0.3) is 0 Å². The van der Waals surface area contributed by atoms with Crippen LogP contribution >= 0.6 is 0 Å². The van der Waals surface area contributed by atoms with Gasteiger partial charge < -0.3 is 10.5 Å². The topological polar surface area (TPSA) is 35.2 Å². The molecule has 0 aliphatic carbocycles. The third kappa shape index (κ3) is 3.51. The number of halogens is 1.